The fourth-order valence-electron chi connectivity index (χ4n) is 1.16. The number of halogens is 3. The topological polar surface area (TPSA) is 47.9 Å². The lowest BCUT2D eigenvalue weighted by molar-refractivity contribution is -0.145. The molecule has 16 heavy (non-hydrogen) atoms. The summed E-state index contributed by atoms with van der Waals surface area (Å²) in [5, 5.41) is 6.46. The number of ether oxygens (including phenoxy) is 1. The Morgan fingerprint density at radius 1 is 1.12 bits per heavy atom. The third-order valence-electron chi connectivity index (χ3n) is 1.91. The summed E-state index contributed by atoms with van der Waals surface area (Å²) in [5.74, 6) is -0.756. The molecule has 1 heterocycles. The number of aromatic nitrogens is 3. The molecule has 84 valence electrons. The van der Waals surface area contributed by atoms with E-state index in [0.717, 1.165) is 0 Å². The minimum absolute atomic E-state index is 0.128. The lowest BCUT2D eigenvalue weighted by Crippen LogP contribution is -2.12. The first-order chi connectivity index (χ1) is 7.50. The van der Waals surface area contributed by atoms with Crippen LogP contribution in [0.3, 0.4) is 0 Å². The normalized spacial score (nSPS) is 11.8. The molecule has 2 aromatic rings. The molecule has 0 spiro atoms. The molecule has 0 fully saturated rings. The number of nitrogens with zero attached hydrogens (tertiary/aromatic N) is 3. The van der Waals surface area contributed by atoms with Gasteiger partial charge in [-0.05, 0) is 12.1 Å². The summed E-state index contributed by atoms with van der Waals surface area (Å²) in [7, 11) is 1.45. The van der Waals surface area contributed by atoms with Crippen LogP contribution in [0.1, 0.15) is 5.82 Å². The summed E-state index contributed by atoms with van der Waals surface area (Å²) in [6.45, 7) is 0. The van der Waals surface area contributed by atoms with E-state index in [2.05, 4.69) is 15.2 Å². The van der Waals surface area contributed by atoms with Crippen molar-refractivity contribution >= 4 is 11.0 Å². The molecule has 0 aliphatic heterocycles. The highest BCUT2D eigenvalue weighted by Gasteiger charge is 2.35. The van der Waals surface area contributed by atoms with Crippen LogP contribution in [0.15, 0.2) is 18.2 Å². The number of alkyl halides is 3. The largest absolute Gasteiger partial charge is 0.497 e. The zero-order chi connectivity index (χ0) is 11.8. The van der Waals surface area contributed by atoms with Gasteiger partial charge in [0.1, 0.15) is 11.3 Å². The highest BCUT2D eigenvalue weighted by molar-refractivity contribution is 5.75. The molecule has 0 aliphatic rings. The average Bonchev–Trinajstić information content (AvgIpc) is 2.26. The van der Waals surface area contributed by atoms with E-state index >= 15 is 0 Å². The van der Waals surface area contributed by atoms with Crippen LogP contribution >= 0.6 is 0 Å². The van der Waals surface area contributed by atoms with Crippen LogP contribution in [0.4, 0.5) is 13.2 Å². The van der Waals surface area contributed by atoms with Gasteiger partial charge in [-0.2, -0.15) is 13.2 Å². The Kier molecular flexibility index (Phi) is 2.37. The lowest BCUT2D eigenvalue weighted by atomic mass is 10.3. The molecule has 1 aromatic carbocycles. The average molecular weight is 229 g/mol. The quantitative estimate of drug-likeness (QED) is 0.750. The second-order valence-corrected chi connectivity index (χ2v) is 2.99. The van der Waals surface area contributed by atoms with Crippen molar-refractivity contribution in [1.29, 1.82) is 0 Å². The fourth-order valence-corrected chi connectivity index (χ4v) is 1.16. The summed E-state index contributed by atoms with van der Waals surface area (Å²) >= 11 is 0. The zero-order valence-corrected chi connectivity index (χ0v) is 8.12. The SMILES string of the molecule is COc1ccc2nc(C(F)(F)F)nnc2c1. The first kappa shape index (κ1) is 10.6. The van der Waals surface area contributed by atoms with Gasteiger partial charge in [-0.15, -0.1) is 10.2 Å². The standard InChI is InChI=1S/C9H6F3N3O/c1-16-5-2-3-6-7(4-5)14-15-8(13-6)9(10,11)12/h2-4H,1H3. The maximum absolute atomic E-state index is 12.3. The predicted molar refractivity (Wildman–Crippen MR) is 48.9 cm³/mol. The second kappa shape index (κ2) is 3.58. The van der Waals surface area contributed by atoms with Crippen LogP contribution in [0.2, 0.25) is 0 Å². The Morgan fingerprint density at radius 3 is 2.50 bits per heavy atom. The first-order valence-corrected chi connectivity index (χ1v) is 4.26. The highest BCUT2D eigenvalue weighted by Crippen LogP contribution is 2.26. The van der Waals surface area contributed by atoms with E-state index in [4.69, 9.17) is 4.74 Å². The molecule has 4 nitrogen and oxygen atoms in total. The Morgan fingerprint density at radius 2 is 1.88 bits per heavy atom. The molecule has 0 saturated carbocycles. The monoisotopic (exact) mass is 229 g/mol. The predicted octanol–water partition coefficient (Wildman–Crippen LogP) is 2.05. The maximum Gasteiger partial charge on any atom is 0.453 e. The molecular formula is C9H6F3N3O. The van der Waals surface area contributed by atoms with Crippen LogP contribution in [-0.2, 0) is 6.18 Å². The van der Waals surface area contributed by atoms with Gasteiger partial charge in [0.25, 0.3) is 5.82 Å². The summed E-state index contributed by atoms with van der Waals surface area (Å²) in [5.41, 5.74) is 0.385. The summed E-state index contributed by atoms with van der Waals surface area (Å²) in [4.78, 5) is 3.37. The number of fused-ring (bicyclic) bond motifs is 1. The fraction of sp³-hybridized carbons (Fsp3) is 0.222. The molecule has 0 unspecified atom stereocenters. The van der Waals surface area contributed by atoms with Gasteiger partial charge in [0.15, 0.2) is 0 Å². The van der Waals surface area contributed by atoms with Crippen LogP contribution in [-0.4, -0.2) is 22.3 Å². The van der Waals surface area contributed by atoms with Gasteiger partial charge in [0.2, 0.25) is 0 Å². The van der Waals surface area contributed by atoms with E-state index < -0.39 is 12.0 Å². The van der Waals surface area contributed by atoms with E-state index in [1.807, 2.05) is 0 Å². The number of rotatable bonds is 1. The van der Waals surface area contributed by atoms with Crippen LogP contribution in [0, 0.1) is 0 Å². The third kappa shape index (κ3) is 1.88. The van der Waals surface area contributed by atoms with Crippen molar-refractivity contribution in [3.05, 3.63) is 24.0 Å². The van der Waals surface area contributed by atoms with Gasteiger partial charge >= 0.3 is 6.18 Å². The van der Waals surface area contributed by atoms with Crippen molar-refractivity contribution in [2.24, 2.45) is 0 Å². The number of methoxy groups -OCH3 is 1. The van der Waals surface area contributed by atoms with Gasteiger partial charge < -0.3 is 4.74 Å². The molecule has 0 atom stereocenters. The minimum atomic E-state index is -4.58. The van der Waals surface area contributed by atoms with Gasteiger partial charge in [0, 0.05) is 6.07 Å². The smallest absolute Gasteiger partial charge is 0.453 e. The van der Waals surface area contributed by atoms with Gasteiger partial charge in [-0.1, -0.05) is 0 Å². The molecule has 0 radical (unpaired) electrons. The van der Waals surface area contributed by atoms with Crippen molar-refractivity contribution in [2.75, 3.05) is 7.11 Å². The Bertz CT molecular complexity index is 527. The van der Waals surface area contributed by atoms with Crippen molar-refractivity contribution in [1.82, 2.24) is 15.2 Å². The molecule has 7 heteroatoms. The van der Waals surface area contributed by atoms with Crippen LogP contribution in [0.5, 0.6) is 5.75 Å². The zero-order valence-electron chi connectivity index (χ0n) is 8.12. The molecule has 2 rings (SSSR count). The second-order valence-electron chi connectivity index (χ2n) is 2.99. The third-order valence-corrected chi connectivity index (χ3v) is 1.91. The minimum Gasteiger partial charge on any atom is -0.497 e. The Balaban J connectivity index is 2.56. The Hall–Kier alpha value is -1.92. The number of hydrogen-bond donors (Lipinski definition) is 0. The summed E-state index contributed by atoms with van der Waals surface area (Å²) in [6.07, 6.45) is -4.58. The van der Waals surface area contributed by atoms with E-state index in [1.54, 1.807) is 0 Å². The molecular weight excluding hydrogens is 223 g/mol. The number of hydrogen-bond acceptors (Lipinski definition) is 4. The van der Waals surface area contributed by atoms with Crippen LogP contribution < -0.4 is 4.74 Å². The van der Waals surface area contributed by atoms with E-state index in [0.29, 0.717) is 5.75 Å². The van der Waals surface area contributed by atoms with Gasteiger partial charge in [-0.3, -0.25) is 0 Å². The molecule has 0 bridgehead atoms. The summed E-state index contributed by atoms with van der Waals surface area (Å²) < 4.78 is 41.7. The van der Waals surface area contributed by atoms with Crippen molar-refractivity contribution < 1.29 is 17.9 Å². The van der Waals surface area contributed by atoms with Gasteiger partial charge in [0.05, 0.1) is 12.6 Å². The van der Waals surface area contributed by atoms with Crippen molar-refractivity contribution in [3.8, 4) is 5.75 Å². The molecule has 0 saturated heterocycles. The van der Waals surface area contributed by atoms with E-state index in [9.17, 15) is 13.2 Å². The van der Waals surface area contributed by atoms with Crippen molar-refractivity contribution in [2.45, 2.75) is 6.18 Å². The summed E-state index contributed by atoms with van der Waals surface area (Å²) in [6, 6.07) is 4.38. The highest BCUT2D eigenvalue weighted by atomic mass is 19.4. The molecule has 0 N–H and O–H groups in total. The Labute approximate surface area is 88.1 Å². The maximum atomic E-state index is 12.3. The number of benzene rings is 1. The molecule has 0 aliphatic carbocycles. The first-order valence-electron chi connectivity index (χ1n) is 4.26. The molecule has 0 amide bonds. The van der Waals surface area contributed by atoms with Crippen molar-refractivity contribution in [3.63, 3.8) is 0 Å². The van der Waals surface area contributed by atoms with Crippen LogP contribution in [0.25, 0.3) is 11.0 Å². The lowest BCUT2D eigenvalue weighted by Gasteiger charge is -2.05. The molecule has 1 aromatic heterocycles. The van der Waals surface area contributed by atoms with Gasteiger partial charge in [-0.25, -0.2) is 4.98 Å². The van der Waals surface area contributed by atoms with E-state index in [1.165, 1.54) is 25.3 Å². The van der Waals surface area contributed by atoms with E-state index in [-0.39, 0.29) is 11.0 Å².